The molecule has 1 N–H and O–H groups in total. The third kappa shape index (κ3) is 4.20. The van der Waals surface area contributed by atoms with Crippen molar-refractivity contribution in [3.63, 3.8) is 0 Å². The minimum atomic E-state index is -0.712. The lowest BCUT2D eigenvalue weighted by Crippen LogP contribution is -2.43. The predicted molar refractivity (Wildman–Crippen MR) is 84.6 cm³/mol. The molecule has 0 amide bonds. The van der Waals surface area contributed by atoms with Crippen LogP contribution in [-0.4, -0.2) is 45.1 Å². The van der Waals surface area contributed by atoms with Crippen molar-refractivity contribution < 1.29 is 9.90 Å². The summed E-state index contributed by atoms with van der Waals surface area (Å²) in [5, 5.41) is 12.3. The molecule has 0 bridgehead atoms. The Bertz CT molecular complexity index is 468. The molecule has 0 aliphatic carbocycles. The Morgan fingerprint density at radius 2 is 2.30 bits per heavy atom. The molecule has 112 valence electrons. The number of thioether (sulfide) groups is 1. The molecule has 1 atom stereocenters. The van der Waals surface area contributed by atoms with Gasteiger partial charge in [-0.3, -0.25) is 9.69 Å². The van der Waals surface area contributed by atoms with Crippen LogP contribution >= 0.6 is 23.1 Å². The first kappa shape index (κ1) is 15.8. The fourth-order valence-electron chi connectivity index (χ4n) is 2.22. The summed E-state index contributed by atoms with van der Waals surface area (Å²) in [6, 6.07) is 0.131. The van der Waals surface area contributed by atoms with Crippen molar-refractivity contribution in [2.75, 3.05) is 18.1 Å². The number of hydrogen-bond acceptors (Lipinski definition) is 5. The first-order chi connectivity index (χ1) is 9.36. The molecule has 1 unspecified atom stereocenters. The van der Waals surface area contributed by atoms with Crippen molar-refractivity contribution >= 4 is 29.1 Å². The van der Waals surface area contributed by atoms with E-state index >= 15 is 0 Å². The van der Waals surface area contributed by atoms with Gasteiger partial charge in [0.1, 0.15) is 0 Å². The zero-order valence-electron chi connectivity index (χ0n) is 12.3. The van der Waals surface area contributed by atoms with E-state index in [4.69, 9.17) is 10.1 Å². The molecule has 1 aromatic heterocycles. The van der Waals surface area contributed by atoms with Crippen LogP contribution in [-0.2, 0) is 16.8 Å². The lowest BCUT2D eigenvalue weighted by Gasteiger charge is -2.34. The fourth-order valence-corrected chi connectivity index (χ4v) is 4.25. The van der Waals surface area contributed by atoms with Crippen molar-refractivity contribution in [2.24, 2.45) is 0 Å². The quantitative estimate of drug-likeness (QED) is 0.926. The highest BCUT2D eigenvalue weighted by Gasteiger charge is 2.26. The van der Waals surface area contributed by atoms with Gasteiger partial charge in [0, 0.05) is 41.4 Å². The van der Waals surface area contributed by atoms with E-state index in [9.17, 15) is 4.79 Å². The maximum absolute atomic E-state index is 11.0. The first-order valence-electron chi connectivity index (χ1n) is 6.85. The summed E-state index contributed by atoms with van der Waals surface area (Å²) >= 11 is 3.55. The van der Waals surface area contributed by atoms with E-state index in [1.54, 1.807) is 11.3 Å². The Labute approximate surface area is 128 Å². The largest absolute Gasteiger partial charge is 0.481 e. The van der Waals surface area contributed by atoms with Gasteiger partial charge in [-0.1, -0.05) is 20.8 Å². The van der Waals surface area contributed by atoms with Crippen LogP contribution in [0.25, 0.3) is 0 Å². The van der Waals surface area contributed by atoms with Crippen molar-refractivity contribution in [2.45, 2.75) is 45.2 Å². The highest BCUT2D eigenvalue weighted by atomic mass is 32.2. The smallest absolute Gasteiger partial charge is 0.304 e. The van der Waals surface area contributed by atoms with E-state index in [-0.39, 0.29) is 17.9 Å². The second kappa shape index (κ2) is 6.45. The minimum Gasteiger partial charge on any atom is -0.481 e. The number of hydrogen-bond donors (Lipinski definition) is 1. The van der Waals surface area contributed by atoms with Crippen molar-refractivity contribution in [1.82, 2.24) is 9.88 Å². The summed E-state index contributed by atoms with van der Waals surface area (Å²) in [5.41, 5.74) is 1.16. The second-order valence-electron chi connectivity index (χ2n) is 6.19. The van der Waals surface area contributed by atoms with Gasteiger partial charge < -0.3 is 5.11 Å². The Balaban J connectivity index is 2.03. The van der Waals surface area contributed by atoms with Crippen molar-refractivity contribution in [3.8, 4) is 0 Å². The Kier molecular flexibility index (Phi) is 5.09. The molecular formula is C14H22N2O2S2. The van der Waals surface area contributed by atoms with E-state index in [0.717, 1.165) is 35.3 Å². The zero-order chi connectivity index (χ0) is 14.8. The van der Waals surface area contributed by atoms with Gasteiger partial charge in [0.2, 0.25) is 0 Å². The summed E-state index contributed by atoms with van der Waals surface area (Å²) in [6.45, 7) is 8.22. The lowest BCUT2D eigenvalue weighted by molar-refractivity contribution is -0.138. The maximum atomic E-state index is 11.0. The standard InChI is InChI=1S/C14H22N2O2S2/c1-14(2,3)13-15-10(8-20-13)7-16-4-5-19-9-11(16)6-12(17)18/h8,11H,4-7,9H2,1-3H3,(H,17,18). The van der Waals surface area contributed by atoms with Crippen LogP contribution in [0.2, 0.25) is 0 Å². The maximum Gasteiger partial charge on any atom is 0.304 e. The molecule has 20 heavy (non-hydrogen) atoms. The number of aliphatic carboxylic acids is 1. The molecule has 1 fully saturated rings. The number of carbonyl (C=O) groups is 1. The highest BCUT2D eigenvalue weighted by molar-refractivity contribution is 7.99. The summed E-state index contributed by atoms with van der Waals surface area (Å²) in [7, 11) is 0. The number of rotatable bonds is 4. The number of carboxylic acids is 1. The highest BCUT2D eigenvalue weighted by Crippen LogP contribution is 2.27. The van der Waals surface area contributed by atoms with Crippen molar-refractivity contribution in [3.05, 3.63) is 16.1 Å². The van der Waals surface area contributed by atoms with Crippen LogP contribution in [0, 0.1) is 0 Å². The van der Waals surface area contributed by atoms with E-state index in [2.05, 4.69) is 31.1 Å². The zero-order valence-corrected chi connectivity index (χ0v) is 13.9. The molecule has 4 nitrogen and oxygen atoms in total. The summed E-state index contributed by atoms with van der Waals surface area (Å²) < 4.78 is 0. The van der Waals surface area contributed by atoms with E-state index in [1.165, 1.54) is 0 Å². The van der Waals surface area contributed by atoms with Gasteiger partial charge in [-0.25, -0.2) is 4.98 Å². The van der Waals surface area contributed by atoms with Gasteiger partial charge in [0.15, 0.2) is 0 Å². The van der Waals surface area contributed by atoms with Crippen molar-refractivity contribution in [1.29, 1.82) is 0 Å². The first-order valence-corrected chi connectivity index (χ1v) is 8.88. The van der Waals surface area contributed by atoms with Crippen LogP contribution in [0.5, 0.6) is 0 Å². The number of carboxylic acid groups (broad SMARTS) is 1. The third-order valence-corrected chi connectivity index (χ3v) is 5.73. The van der Waals surface area contributed by atoms with Gasteiger partial charge in [0.05, 0.1) is 17.1 Å². The molecule has 0 saturated carbocycles. The van der Waals surface area contributed by atoms with E-state index in [0.29, 0.717) is 0 Å². The minimum absolute atomic E-state index is 0.0845. The van der Waals surface area contributed by atoms with E-state index in [1.807, 2.05) is 11.8 Å². The van der Waals surface area contributed by atoms with Crippen LogP contribution in [0.3, 0.4) is 0 Å². The Morgan fingerprint density at radius 3 is 2.90 bits per heavy atom. The number of nitrogens with zero attached hydrogens (tertiary/aromatic N) is 2. The molecule has 0 radical (unpaired) electrons. The van der Waals surface area contributed by atoms with Gasteiger partial charge in [-0.2, -0.15) is 11.8 Å². The molecule has 0 aromatic carbocycles. The molecular weight excluding hydrogens is 292 g/mol. The van der Waals surface area contributed by atoms with Crippen LogP contribution in [0.1, 0.15) is 37.9 Å². The monoisotopic (exact) mass is 314 g/mol. The fraction of sp³-hybridized carbons (Fsp3) is 0.714. The average Bonchev–Trinajstić information content (AvgIpc) is 2.79. The van der Waals surface area contributed by atoms with E-state index < -0.39 is 5.97 Å². The molecule has 1 aliphatic heterocycles. The SMILES string of the molecule is CC(C)(C)c1nc(CN2CCSCC2CC(=O)O)cs1. The van der Waals surface area contributed by atoms with Gasteiger partial charge in [0.25, 0.3) is 0 Å². The predicted octanol–water partition coefficient (Wildman–Crippen LogP) is 2.83. The summed E-state index contributed by atoms with van der Waals surface area (Å²) in [4.78, 5) is 17.9. The Morgan fingerprint density at radius 1 is 1.55 bits per heavy atom. The van der Waals surface area contributed by atoms with Crippen LogP contribution < -0.4 is 0 Å². The molecule has 0 spiro atoms. The summed E-state index contributed by atoms with van der Waals surface area (Å²) in [6.07, 6.45) is 0.225. The molecule has 1 saturated heterocycles. The number of aromatic nitrogens is 1. The molecule has 1 aliphatic rings. The average molecular weight is 314 g/mol. The molecule has 6 heteroatoms. The van der Waals surface area contributed by atoms with Crippen LogP contribution in [0.4, 0.5) is 0 Å². The van der Waals surface area contributed by atoms with Crippen LogP contribution in [0.15, 0.2) is 5.38 Å². The normalized spacial score (nSPS) is 21.1. The number of thiazole rings is 1. The second-order valence-corrected chi connectivity index (χ2v) is 8.20. The summed E-state index contributed by atoms with van der Waals surface area (Å²) in [5.74, 6) is 1.27. The molecule has 1 aromatic rings. The molecule has 2 heterocycles. The lowest BCUT2D eigenvalue weighted by atomic mass is 9.98. The Hall–Kier alpha value is -0.590. The topological polar surface area (TPSA) is 53.4 Å². The van der Waals surface area contributed by atoms with Gasteiger partial charge >= 0.3 is 5.97 Å². The van der Waals surface area contributed by atoms with Gasteiger partial charge in [-0.05, 0) is 0 Å². The molecule has 2 rings (SSSR count). The third-order valence-electron chi connectivity index (χ3n) is 3.32. The van der Waals surface area contributed by atoms with Gasteiger partial charge in [-0.15, -0.1) is 11.3 Å².